The van der Waals surface area contributed by atoms with Crippen LogP contribution in [-0.4, -0.2) is 23.7 Å². The average molecular weight is 275 g/mol. The van der Waals surface area contributed by atoms with Gasteiger partial charge in [0.1, 0.15) is 12.4 Å². The van der Waals surface area contributed by atoms with E-state index in [1.807, 2.05) is 0 Å². The van der Waals surface area contributed by atoms with E-state index >= 15 is 0 Å². The quantitative estimate of drug-likeness (QED) is 0.813. The van der Waals surface area contributed by atoms with Crippen LogP contribution in [-0.2, 0) is 0 Å². The predicted octanol–water partition coefficient (Wildman–Crippen LogP) is 2.23. The van der Waals surface area contributed by atoms with Crippen molar-refractivity contribution in [1.82, 2.24) is 5.32 Å². The van der Waals surface area contributed by atoms with E-state index in [0.29, 0.717) is 5.56 Å². The van der Waals surface area contributed by atoms with Crippen LogP contribution in [0.3, 0.4) is 0 Å². The lowest BCUT2D eigenvalue weighted by Gasteiger charge is -2.22. The number of halogens is 1. The van der Waals surface area contributed by atoms with E-state index in [4.69, 9.17) is 5.11 Å². The summed E-state index contributed by atoms with van der Waals surface area (Å²) in [6, 6.07) is 4.40. The van der Waals surface area contributed by atoms with Gasteiger partial charge in [-0.3, -0.25) is 4.79 Å². The molecule has 2 N–H and O–H groups in total. The molecule has 0 unspecified atom stereocenters. The zero-order chi connectivity index (χ0) is 14.4. The van der Waals surface area contributed by atoms with Crippen LogP contribution in [0.25, 0.3) is 0 Å². The molecule has 1 aliphatic rings. The number of carbonyl (C=O) groups excluding carboxylic acids is 1. The molecule has 106 valence electrons. The minimum atomic E-state index is -0.581. The van der Waals surface area contributed by atoms with Gasteiger partial charge in [0.25, 0.3) is 5.91 Å². The number of aliphatic hydroxyl groups is 1. The Hall–Kier alpha value is -1.86. The molecule has 0 aliphatic heterocycles. The van der Waals surface area contributed by atoms with Gasteiger partial charge >= 0.3 is 0 Å². The second-order valence-corrected chi connectivity index (χ2v) is 4.96. The molecule has 1 saturated carbocycles. The highest BCUT2D eigenvalue weighted by atomic mass is 19.1. The molecule has 1 fully saturated rings. The number of aliphatic hydroxyl groups excluding tert-OH is 1. The number of amides is 1. The molecule has 1 amide bonds. The molecule has 1 aromatic carbocycles. The van der Waals surface area contributed by atoms with Gasteiger partial charge in [-0.25, -0.2) is 4.39 Å². The standard InChI is InChI=1S/C16H18FNO2/c17-15-11-12(5-4-10-19)8-9-14(15)16(20)18-13-6-2-1-3-7-13/h8-9,11,13,19H,1-3,6-7,10H2,(H,18,20). The van der Waals surface area contributed by atoms with E-state index in [2.05, 4.69) is 17.2 Å². The van der Waals surface area contributed by atoms with Crippen molar-refractivity contribution >= 4 is 5.91 Å². The molecule has 0 bridgehead atoms. The summed E-state index contributed by atoms with van der Waals surface area (Å²) in [5.74, 6) is 4.11. The molecule has 0 aromatic heterocycles. The van der Waals surface area contributed by atoms with E-state index in [9.17, 15) is 9.18 Å². The first-order valence-corrected chi connectivity index (χ1v) is 6.91. The summed E-state index contributed by atoms with van der Waals surface area (Å²) in [7, 11) is 0. The van der Waals surface area contributed by atoms with Gasteiger partial charge in [-0.1, -0.05) is 31.1 Å². The lowest BCUT2D eigenvalue weighted by atomic mass is 9.95. The number of rotatable bonds is 2. The largest absolute Gasteiger partial charge is 0.384 e. The van der Waals surface area contributed by atoms with Crippen molar-refractivity contribution in [2.24, 2.45) is 0 Å². The van der Waals surface area contributed by atoms with Gasteiger partial charge in [0, 0.05) is 11.6 Å². The zero-order valence-electron chi connectivity index (χ0n) is 11.3. The van der Waals surface area contributed by atoms with Crippen LogP contribution in [0.4, 0.5) is 4.39 Å². The number of carbonyl (C=O) groups is 1. The molecule has 0 heterocycles. The third-order valence-electron chi connectivity index (χ3n) is 3.47. The number of hydrogen-bond acceptors (Lipinski definition) is 2. The van der Waals surface area contributed by atoms with Gasteiger partial charge in [0.05, 0.1) is 5.56 Å². The van der Waals surface area contributed by atoms with Gasteiger partial charge in [-0.2, -0.15) is 0 Å². The van der Waals surface area contributed by atoms with Gasteiger partial charge in [0.15, 0.2) is 0 Å². The lowest BCUT2D eigenvalue weighted by molar-refractivity contribution is 0.0923. The van der Waals surface area contributed by atoms with Crippen LogP contribution in [0.1, 0.15) is 48.0 Å². The maximum Gasteiger partial charge on any atom is 0.254 e. The Morgan fingerprint density at radius 2 is 2.10 bits per heavy atom. The molecule has 0 spiro atoms. The molecule has 0 saturated heterocycles. The maximum absolute atomic E-state index is 13.9. The Morgan fingerprint density at radius 3 is 2.75 bits per heavy atom. The zero-order valence-corrected chi connectivity index (χ0v) is 11.3. The normalized spacial score (nSPS) is 15.3. The SMILES string of the molecule is O=C(NC1CCCCC1)c1ccc(C#CCO)cc1F. The van der Waals surface area contributed by atoms with Crippen LogP contribution in [0, 0.1) is 17.7 Å². The number of nitrogens with one attached hydrogen (secondary N) is 1. The van der Waals surface area contributed by atoms with Gasteiger partial charge in [-0.15, -0.1) is 0 Å². The van der Waals surface area contributed by atoms with Crippen molar-refractivity contribution in [3.63, 3.8) is 0 Å². The molecule has 3 nitrogen and oxygen atoms in total. The first-order valence-electron chi connectivity index (χ1n) is 6.91. The third kappa shape index (κ3) is 3.82. The summed E-state index contributed by atoms with van der Waals surface area (Å²) < 4.78 is 13.9. The predicted molar refractivity (Wildman–Crippen MR) is 74.7 cm³/mol. The van der Waals surface area contributed by atoms with Gasteiger partial charge in [-0.05, 0) is 31.0 Å². The highest BCUT2D eigenvalue weighted by Gasteiger charge is 2.18. The number of benzene rings is 1. The van der Waals surface area contributed by atoms with Crippen LogP contribution < -0.4 is 5.32 Å². The molecule has 1 aliphatic carbocycles. The van der Waals surface area contributed by atoms with Crippen LogP contribution >= 0.6 is 0 Å². The Bertz CT molecular complexity index is 539. The Labute approximate surface area is 118 Å². The minimum absolute atomic E-state index is 0.0464. The summed E-state index contributed by atoms with van der Waals surface area (Å²) in [5.41, 5.74) is 0.496. The topological polar surface area (TPSA) is 49.3 Å². The molecule has 0 atom stereocenters. The highest BCUT2D eigenvalue weighted by Crippen LogP contribution is 2.18. The molecule has 2 rings (SSSR count). The van der Waals surface area contributed by atoms with Crippen molar-refractivity contribution in [3.8, 4) is 11.8 Å². The van der Waals surface area contributed by atoms with Crippen molar-refractivity contribution in [1.29, 1.82) is 0 Å². The van der Waals surface area contributed by atoms with Crippen molar-refractivity contribution in [3.05, 3.63) is 35.1 Å². The Morgan fingerprint density at radius 1 is 1.35 bits per heavy atom. The Balaban J connectivity index is 2.05. The molecular formula is C16H18FNO2. The summed E-state index contributed by atoms with van der Waals surface area (Å²) in [5, 5.41) is 11.5. The van der Waals surface area contributed by atoms with Gasteiger partial charge in [0.2, 0.25) is 0 Å². The van der Waals surface area contributed by atoms with E-state index in [1.54, 1.807) is 6.07 Å². The minimum Gasteiger partial charge on any atom is -0.384 e. The molecule has 4 heteroatoms. The Kier molecular flexibility index (Phi) is 5.14. The van der Waals surface area contributed by atoms with E-state index in [0.717, 1.165) is 25.7 Å². The summed E-state index contributed by atoms with van der Waals surface area (Å²) in [4.78, 5) is 12.0. The monoisotopic (exact) mass is 275 g/mol. The molecule has 1 aromatic rings. The second-order valence-electron chi connectivity index (χ2n) is 4.96. The molecule has 0 radical (unpaired) electrons. The fourth-order valence-corrected chi connectivity index (χ4v) is 2.43. The summed E-state index contributed by atoms with van der Waals surface area (Å²) >= 11 is 0. The van der Waals surface area contributed by atoms with Crippen LogP contribution in [0.5, 0.6) is 0 Å². The van der Waals surface area contributed by atoms with Crippen molar-refractivity contribution < 1.29 is 14.3 Å². The smallest absolute Gasteiger partial charge is 0.254 e. The first kappa shape index (κ1) is 14.5. The third-order valence-corrected chi connectivity index (χ3v) is 3.47. The summed E-state index contributed by atoms with van der Waals surface area (Å²) in [6.07, 6.45) is 5.37. The van der Waals surface area contributed by atoms with Crippen molar-refractivity contribution in [2.75, 3.05) is 6.61 Å². The maximum atomic E-state index is 13.9. The van der Waals surface area contributed by atoms with E-state index in [-0.39, 0.29) is 24.1 Å². The first-order chi connectivity index (χ1) is 9.70. The van der Waals surface area contributed by atoms with Crippen LogP contribution in [0.2, 0.25) is 0 Å². The lowest BCUT2D eigenvalue weighted by Crippen LogP contribution is -2.36. The summed E-state index contributed by atoms with van der Waals surface area (Å²) in [6.45, 7) is -0.272. The molecular weight excluding hydrogens is 257 g/mol. The fourth-order valence-electron chi connectivity index (χ4n) is 2.43. The van der Waals surface area contributed by atoms with Gasteiger partial charge < -0.3 is 10.4 Å². The average Bonchev–Trinajstić information content (AvgIpc) is 2.46. The van der Waals surface area contributed by atoms with Crippen LogP contribution in [0.15, 0.2) is 18.2 Å². The second kappa shape index (κ2) is 7.06. The highest BCUT2D eigenvalue weighted by molar-refractivity contribution is 5.94. The number of hydrogen-bond donors (Lipinski definition) is 2. The fraction of sp³-hybridized carbons (Fsp3) is 0.438. The van der Waals surface area contributed by atoms with E-state index in [1.165, 1.54) is 18.6 Å². The van der Waals surface area contributed by atoms with E-state index < -0.39 is 5.82 Å². The molecule has 20 heavy (non-hydrogen) atoms. The van der Waals surface area contributed by atoms with Crippen molar-refractivity contribution in [2.45, 2.75) is 38.1 Å².